The zero-order valence-electron chi connectivity index (χ0n) is 14.0. The van der Waals surface area contributed by atoms with Crippen LogP contribution in [0.25, 0.3) is 0 Å². The van der Waals surface area contributed by atoms with Gasteiger partial charge < -0.3 is 22.0 Å². The average Bonchev–Trinajstić information content (AvgIpc) is 2.99. The molecule has 1 aromatic rings. The molecule has 0 radical (unpaired) electrons. The number of hydrogen-bond acceptors (Lipinski definition) is 4. The van der Waals surface area contributed by atoms with Crippen molar-refractivity contribution in [3.63, 3.8) is 0 Å². The number of aliphatic hydroxyl groups excluding tert-OH is 1. The standard InChI is InChI=1S/C15H28N2O.2ClH.2H3N.Pt/c18-14-10-8-6-4-2-1-3-5-7-9-12-17-13-11-16-15-17;;;;;/h11,13,15,18H,1-10,12,14H2;2*1H;2*1H3;/q;;;;;+2/p-2. The predicted octanol–water partition coefficient (Wildman–Crippen LogP) is 5.48. The molecule has 0 aromatic carbocycles. The molecule has 23 heavy (non-hydrogen) atoms. The fourth-order valence-electron chi connectivity index (χ4n) is 2.24. The number of nitrogens with zero attached hydrogens (tertiary/aromatic N) is 2. The molecule has 0 spiro atoms. The van der Waals surface area contributed by atoms with Crippen LogP contribution in [0.4, 0.5) is 0 Å². The van der Waals surface area contributed by atoms with Crippen molar-refractivity contribution in [3.05, 3.63) is 18.7 Å². The van der Waals surface area contributed by atoms with Crippen LogP contribution in [0.1, 0.15) is 64.2 Å². The molecule has 0 unspecified atom stereocenters. The first-order valence-electron chi connectivity index (χ1n) is 7.74. The van der Waals surface area contributed by atoms with E-state index >= 15 is 0 Å². The van der Waals surface area contributed by atoms with Crippen molar-refractivity contribution in [2.75, 3.05) is 6.61 Å². The van der Waals surface area contributed by atoms with Crippen LogP contribution in [-0.4, -0.2) is 21.3 Å². The van der Waals surface area contributed by atoms with Crippen LogP contribution in [0.3, 0.4) is 0 Å². The first kappa shape index (κ1) is 28.2. The summed E-state index contributed by atoms with van der Waals surface area (Å²) in [5.41, 5.74) is 0. The number of aliphatic hydroxyl groups is 1. The van der Waals surface area contributed by atoms with Crippen LogP contribution in [0, 0.1) is 0 Å². The van der Waals surface area contributed by atoms with Crippen LogP contribution < -0.4 is 12.3 Å². The van der Waals surface area contributed by atoms with Gasteiger partial charge in [-0.05, 0) is 12.8 Å². The molecular weight excluding hydrogens is 518 g/mol. The van der Waals surface area contributed by atoms with Gasteiger partial charge in [0.05, 0.1) is 6.33 Å². The third-order valence-electron chi connectivity index (χ3n) is 3.38. The maximum atomic E-state index is 8.65. The average molecular weight is 552 g/mol. The molecule has 1 rings (SSSR count). The summed E-state index contributed by atoms with van der Waals surface area (Å²) in [4.78, 5) is 4.04. The zero-order valence-corrected chi connectivity index (χ0v) is 17.8. The number of aromatic nitrogens is 2. The summed E-state index contributed by atoms with van der Waals surface area (Å²) in [5, 5.41) is 8.65. The first-order chi connectivity index (χ1) is 10.3. The summed E-state index contributed by atoms with van der Waals surface area (Å²) in [5.74, 6) is 0. The third kappa shape index (κ3) is 22.4. The second-order valence-corrected chi connectivity index (χ2v) is 8.39. The number of imidazole rings is 1. The minimum atomic E-state index is -0.472. The summed E-state index contributed by atoms with van der Waals surface area (Å²) in [6.07, 6.45) is 18.7. The van der Waals surface area contributed by atoms with Crippen molar-refractivity contribution in [1.29, 1.82) is 0 Å². The van der Waals surface area contributed by atoms with Gasteiger partial charge in [0.1, 0.15) is 0 Å². The summed E-state index contributed by atoms with van der Waals surface area (Å²) < 4.78 is 2.15. The second-order valence-electron chi connectivity index (χ2n) is 5.10. The van der Waals surface area contributed by atoms with Crippen molar-refractivity contribution in [2.24, 2.45) is 0 Å². The normalized spacial score (nSPS) is 9.52. The number of halogens is 2. The number of unbranched alkanes of at least 4 members (excludes halogenated alkanes) is 9. The predicted molar refractivity (Wildman–Crippen MR) is 97.2 cm³/mol. The Morgan fingerprint density at radius 3 is 1.65 bits per heavy atom. The van der Waals surface area contributed by atoms with E-state index in [1.54, 1.807) is 0 Å². The molecule has 0 bridgehead atoms. The molecule has 7 N–H and O–H groups in total. The van der Waals surface area contributed by atoms with Gasteiger partial charge in [0.25, 0.3) is 0 Å². The summed E-state index contributed by atoms with van der Waals surface area (Å²) in [6.45, 7) is 1.47. The van der Waals surface area contributed by atoms with E-state index < -0.39 is 16.5 Å². The summed E-state index contributed by atoms with van der Waals surface area (Å²) >= 11 is -0.472. The topological polar surface area (TPSA) is 108 Å². The quantitative estimate of drug-likeness (QED) is 0.299. The Kier molecular flexibility index (Phi) is 30.1. The third-order valence-corrected chi connectivity index (χ3v) is 3.38. The van der Waals surface area contributed by atoms with E-state index in [0.29, 0.717) is 6.61 Å². The molecule has 0 aliphatic heterocycles. The van der Waals surface area contributed by atoms with Gasteiger partial charge in [0, 0.05) is 25.5 Å². The van der Waals surface area contributed by atoms with E-state index in [-0.39, 0.29) is 12.3 Å². The Labute approximate surface area is 158 Å². The summed E-state index contributed by atoms with van der Waals surface area (Å²) in [6, 6.07) is 0. The fraction of sp³-hybridized carbons (Fsp3) is 0.800. The molecule has 5 nitrogen and oxygen atoms in total. The zero-order chi connectivity index (χ0) is 15.6. The van der Waals surface area contributed by atoms with E-state index in [1.807, 2.05) is 18.7 Å². The van der Waals surface area contributed by atoms with Crippen molar-refractivity contribution in [3.8, 4) is 0 Å². The van der Waals surface area contributed by atoms with Crippen molar-refractivity contribution >= 4 is 18.8 Å². The van der Waals surface area contributed by atoms with Crippen LogP contribution in [0.2, 0.25) is 0 Å². The van der Waals surface area contributed by atoms with E-state index in [4.69, 9.17) is 23.9 Å². The van der Waals surface area contributed by atoms with Gasteiger partial charge in [0.2, 0.25) is 0 Å². The number of rotatable bonds is 12. The Hall–Kier alpha value is 0.358. The minimum absolute atomic E-state index is 0. The summed E-state index contributed by atoms with van der Waals surface area (Å²) in [7, 11) is 9.75. The molecule has 0 amide bonds. The van der Waals surface area contributed by atoms with Gasteiger partial charge in [-0.3, -0.25) is 0 Å². The van der Waals surface area contributed by atoms with Crippen LogP contribution in [-0.2, 0) is 23.0 Å². The molecule has 0 saturated heterocycles. The van der Waals surface area contributed by atoms with E-state index in [1.165, 1.54) is 57.8 Å². The Morgan fingerprint density at radius 1 is 0.826 bits per heavy atom. The van der Waals surface area contributed by atoms with E-state index in [0.717, 1.165) is 13.0 Å². The van der Waals surface area contributed by atoms with E-state index in [9.17, 15) is 0 Å². The molecule has 0 aliphatic carbocycles. The van der Waals surface area contributed by atoms with Gasteiger partial charge in [-0.25, -0.2) is 4.98 Å². The molecule has 144 valence electrons. The number of hydrogen-bond donors (Lipinski definition) is 3. The molecule has 0 atom stereocenters. The monoisotopic (exact) mass is 551 g/mol. The Morgan fingerprint density at radius 2 is 1.26 bits per heavy atom. The van der Waals surface area contributed by atoms with Crippen molar-refractivity contribution < 1.29 is 21.6 Å². The maximum absolute atomic E-state index is 8.65. The van der Waals surface area contributed by atoms with Gasteiger partial charge in [-0.2, -0.15) is 0 Å². The first-order valence-corrected chi connectivity index (χ1v) is 13.4. The molecule has 1 aromatic heterocycles. The molecule has 0 aliphatic rings. The molecular formula is C15H34Cl2N4OPt. The fourth-order valence-corrected chi connectivity index (χ4v) is 2.24. The van der Waals surface area contributed by atoms with Crippen LogP contribution >= 0.6 is 18.8 Å². The van der Waals surface area contributed by atoms with Crippen molar-refractivity contribution in [2.45, 2.75) is 70.8 Å². The van der Waals surface area contributed by atoms with Gasteiger partial charge in [-0.1, -0.05) is 51.4 Å². The second kappa shape index (κ2) is 24.6. The van der Waals surface area contributed by atoms with Crippen LogP contribution in [0.5, 0.6) is 0 Å². The molecule has 0 saturated carbocycles. The van der Waals surface area contributed by atoms with Gasteiger partial charge in [-0.15, -0.1) is 0 Å². The Balaban J connectivity index is -0.000000740. The van der Waals surface area contributed by atoms with E-state index in [2.05, 4.69) is 9.55 Å². The molecule has 8 heteroatoms. The SMILES string of the molecule is N.N.OCCCCCCCCCCCCn1ccnc1.[Cl][Pt][Cl]. The van der Waals surface area contributed by atoms with Crippen molar-refractivity contribution in [1.82, 2.24) is 21.9 Å². The Bertz CT molecular complexity index is 293. The number of aryl methyl sites for hydroxylation is 1. The molecule has 1 heterocycles. The van der Waals surface area contributed by atoms with Crippen LogP contribution in [0.15, 0.2) is 18.7 Å². The van der Waals surface area contributed by atoms with Gasteiger partial charge >= 0.3 is 35.3 Å². The van der Waals surface area contributed by atoms with Gasteiger partial charge in [0.15, 0.2) is 0 Å². The molecule has 0 fully saturated rings.